The maximum atomic E-state index is 11.2. The monoisotopic (exact) mass is 195 g/mol. The molecule has 0 amide bonds. The predicted octanol–water partition coefficient (Wildman–Crippen LogP) is 1.17. The number of esters is 1. The molecule has 0 saturated carbocycles. The van der Waals surface area contributed by atoms with Gasteiger partial charge in [0.05, 0.1) is 19.3 Å². The maximum absolute atomic E-state index is 11.2. The van der Waals surface area contributed by atoms with Crippen molar-refractivity contribution in [1.29, 1.82) is 0 Å². The molecule has 0 unspecified atom stereocenters. The van der Waals surface area contributed by atoms with Crippen molar-refractivity contribution >= 4 is 5.97 Å². The third kappa shape index (κ3) is 2.31. The average Bonchev–Trinajstić information content (AvgIpc) is 2.17. The number of hydrogen-bond acceptors (Lipinski definition) is 4. The Hall–Kier alpha value is -1.39. The van der Waals surface area contributed by atoms with E-state index in [-0.39, 0.29) is 5.97 Å². The van der Waals surface area contributed by atoms with E-state index < -0.39 is 0 Å². The van der Waals surface area contributed by atoms with Crippen LogP contribution in [0.5, 0.6) is 0 Å². The maximum Gasteiger partial charge on any atom is 0.338 e. The van der Waals surface area contributed by atoms with E-state index in [1.54, 1.807) is 12.1 Å². The van der Waals surface area contributed by atoms with Crippen LogP contribution in [0.3, 0.4) is 0 Å². The lowest BCUT2D eigenvalue weighted by Crippen LogP contribution is -2.05. The largest absolute Gasteiger partial charge is 0.465 e. The van der Waals surface area contributed by atoms with Gasteiger partial charge < -0.3 is 4.74 Å². The van der Waals surface area contributed by atoms with Gasteiger partial charge in [-0.05, 0) is 24.1 Å². The fourth-order valence-corrected chi connectivity index (χ4v) is 1.25. The van der Waals surface area contributed by atoms with Crippen LogP contribution in [0.2, 0.25) is 0 Å². The highest BCUT2D eigenvalue weighted by molar-refractivity contribution is 5.90. The van der Waals surface area contributed by atoms with E-state index in [4.69, 9.17) is 5.90 Å². The van der Waals surface area contributed by atoms with E-state index in [0.717, 1.165) is 11.1 Å². The predicted molar refractivity (Wildman–Crippen MR) is 51.5 cm³/mol. The molecule has 0 atom stereocenters. The van der Waals surface area contributed by atoms with E-state index in [1.807, 2.05) is 13.0 Å². The highest BCUT2D eigenvalue weighted by Gasteiger charge is 2.08. The second-order valence-electron chi connectivity index (χ2n) is 2.95. The topological polar surface area (TPSA) is 61.5 Å². The Morgan fingerprint density at radius 2 is 2.21 bits per heavy atom. The van der Waals surface area contributed by atoms with Crippen LogP contribution >= 0.6 is 0 Å². The number of carbonyl (C=O) groups excluding carboxylic acids is 1. The lowest BCUT2D eigenvalue weighted by atomic mass is 10.1. The Bertz CT molecular complexity index is 336. The first-order valence-electron chi connectivity index (χ1n) is 4.18. The van der Waals surface area contributed by atoms with Crippen LogP contribution < -0.4 is 5.90 Å². The van der Waals surface area contributed by atoms with Gasteiger partial charge in [0.15, 0.2) is 0 Å². The van der Waals surface area contributed by atoms with E-state index in [0.29, 0.717) is 12.2 Å². The quantitative estimate of drug-likeness (QED) is 0.581. The Labute approximate surface area is 82.6 Å². The standard InChI is InChI=1S/C10H13NO3/c1-7-5-8(6-14-11)3-4-9(7)10(12)13-2/h3-5H,6,11H2,1-2H3. The first kappa shape index (κ1) is 10.7. The molecule has 0 aliphatic heterocycles. The van der Waals surface area contributed by atoms with Crippen LogP contribution in [-0.2, 0) is 16.2 Å². The summed E-state index contributed by atoms with van der Waals surface area (Å²) in [6.07, 6.45) is 0. The van der Waals surface area contributed by atoms with Gasteiger partial charge in [-0.25, -0.2) is 10.7 Å². The Kier molecular flexibility index (Phi) is 3.62. The molecule has 1 aromatic carbocycles. The number of aryl methyl sites for hydroxylation is 1. The van der Waals surface area contributed by atoms with Crippen LogP contribution in [0.4, 0.5) is 0 Å². The number of carbonyl (C=O) groups is 1. The lowest BCUT2D eigenvalue weighted by Gasteiger charge is -2.05. The summed E-state index contributed by atoms with van der Waals surface area (Å²) in [6, 6.07) is 5.33. The van der Waals surface area contributed by atoms with Crippen molar-refractivity contribution in [3.05, 3.63) is 34.9 Å². The molecular weight excluding hydrogens is 182 g/mol. The zero-order chi connectivity index (χ0) is 10.6. The number of benzene rings is 1. The van der Waals surface area contributed by atoms with E-state index in [2.05, 4.69) is 9.57 Å². The fraction of sp³-hybridized carbons (Fsp3) is 0.300. The second-order valence-corrected chi connectivity index (χ2v) is 2.95. The Morgan fingerprint density at radius 3 is 2.71 bits per heavy atom. The number of hydrogen-bond donors (Lipinski definition) is 1. The van der Waals surface area contributed by atoms with E-state index in [9.17, 15) is 4.79 Å². The third-order valence-electron chi connectivity index (χ3n) is 1.95. The van der Waals surface area contributed by atoms with Crippen molar-refractivity contribution in [2.24, 2.45) is 5.90 Å². The normalized spacial score (nSPS) is 9.93. The summed E-state index contributed by atoms with van der Waals surface area (Å²) in [4.78, 5) is 15.7. The van der Waals surface area contributed by atoms with Crippen molar-refractivity contribution in [3.63, 3.8) is 0 Å². The minimum atomic E-state index is -0.331. The van der Waals surface area contributed by atoms with Crippen molar-refractivity contribution in [1.82, 2.24) is 0 Å². The molecule has 0 aromatic heterocycles. The molecule has 14 heavy (non-hydrogen) atoms. The summed E-state index contributed by atoms with van der Waals surface area (Å²) in [5.74, 6) is 4.61. The number of nitrogens with two attached hydrogens (primary N) is 1. The Balaban J connectivity index is 2.95. The van der Waals surface area contributed by atoms with Gasteiger partial charge in [0.1, 0.15) is 0 Å². The summed E-state index contributed by atoms with van der Waals surface area (Å²) in [6.45, 7) is 2.18. The third-order valence-corrected chi connectivity index (χ3v) is 1.95. The first-order chi connectivity index (χ1) is 6.69. The van der Waals surface area contributed by atoms with E-state index in [1.165, 1.54) is 7.11 Å². The van der Waals surface area contributed by atoms with Gasteiger partial charge >= 0.3 is 5.97 Å². The summed E-state index contributed by atoms with van der Waals surface area (Å²) < 4.78 is 4.62. The van der Waals surface area contributed by atoms with Gasteiger partial charge in [0, 0.05) is 0 Å². The molecule has 4 heteroatoms. The number of methoxy groups -OCH3 is 1. The van der Waals surface area contributed by atoms with Crippen LogP contribution in [0.1, 0.15) is 21.5 Å². The summed E-state index contributed by atoms with van der Waals surface area (Å²) in [5.41, 5.74) is 2.34. The van der Waals surface area contributed by atoms with Gasteiger partial charge in [-0.1, -0.05) is 12.1 Å². The summed E-state index contributed by atoms with van der Waals surface area (Å²) in [7, 11) is 1.36. The van der Waals surface area contributed by atoms with Crippen LogP contribution in [0.25, 0.3) is 0 Å². The van der Waals surface area contributed by atoms with Gasteiger partial charge in [-0.3, -0.25) is 4.84 Å². The molecule has 76 valence electrons. The Morgan fingerprint density at radius 1 is 1.50 bits per heavy atom. The van der Waals surface area contributed by atoms with Gasteiger partial charge in [0.25, 0.3) is 0 Å². The van der Waals surface area contributed by atoms with Gasteiger partial charge in [0.2, 0.25) is 0 Å². The second kappa shape index (κ2) is 4.74. The average molecular weight is 195 g/mol. The van der Waals surface area contributed by atoms with Crippen LogP contribution in [0, 0.1) is 6.92 Å². The minimum absolute atomic E-state index is 0.331. The molecule has 0 radical (unpaired) electrons. The van der Waals surface area contributed by atoms with Crippen LogP contribution in [-0.4, -0.2) is 13.1 Å². The smallest absolute Gasteiger partial charge is 0.338 e. The molecule has 0 saturated heterocycles. The van der Waals surface area contributed by atoms with Crippen molar-refractivity contribution in [2.75, 3.05) is 7.11 Å². The molecule has 0 aliphatic carbocycles. The highest BCUT2D eigenvalue weighted by Crippen LogP contribution is 2.12. The molecule has 0 heterocycles. The number of rotatable bonds is 3. The molecule has 2 N–H and O–H groups in total. The molecule has 4 nitrogen and oxygen atoms in total. The van der Waals surface area contributed by atoms with Crippen LogP contribution in [0.15, 0.2) is 18.2 Å². The minimum Gasteiger partial charge on any atom is -0.465 e. The molecule has 1 rings (SSSR count). The van der Waals surface area contributed by atoms with Crippen molar-refractivity contribution < 1.29 is 14.4 Å². The van der Waals surface area contributed by atoms with Gasteiger partial charge in [-0.15, -0.1) is 0 Å². The summed E-state index contributed by atoms with van der Waals surface area (Å²) >= 11 is 0. The molecule has 1 aromatic rings. The van der Waals surface area contributed by atoms with E-state index >= 15 is 0 Å². The molecular formula is C10H13NO3. The highest BCUT2D eigenvalue weighted by atomic mass is 16.6. The number of ether oxygens (including phenoxy) is 1. The summed E-state index contributed by atoms with van der Waals surface area (Å²) in [5, 5.41) is 0. The van der Waals surface area contributed by atoms with Gasteiger partial charge in [-0.2, -0.15) is 0 Å². The molecule has 0 bridgehead atoms. The van der Waals surface area contributed by atoms with Crippen molar-refractivity contribution in [2.45, 2.75) is 13.5 Å². The van der Waals surface area contributed by atoms with Crippen molar-refractivity contribution in [3.8, 4) is 0 Å². The SMILES string of the molecule is COC(=O)c1ccc(CON)cc1C. The molecule has 0 aliphatic rings. The first-order valence-corrected chi connectivity index (χ1v) is 4.18. The lowest BCUT2D eigenvalue weighted by molar-refractivity contribution is 0.0599. The fourth-order valence-electron chi connectivity index (χ4n) is 1.25. The molecule has 0 fully saturated rings. The zero-order valence-corrected chi connectivity index (χ0v) is 8.24. The molecule has 0 spiro atoms. The zero-order valence-electron chi connectivity index (χ0n) is 8.24.